The summed E-state index contributed by atoms with van der Waals surface area (Å²) in [6.45, 7) is 4.18. The molecule has 1 heterocycles. The number of para-hydroxylation sites is 2. The monoisotopic (exact) mass is 255 g/mol. The summed E-state index contributed by atoms with van der Waals surface area (Å²) in [6.07, 6.45) is 5.84. The van der Waals surface area contributed by atoms with Crippen LogP contribution < -0.4 is 10.6 Å². The van der Waals surface area contributed by atoms with Gasteiger partial charge in [0, 0.05) is 25.5 Å². The third kappa shape index (κ3) is 3.71. The predicted molar refractivity (Wildman–Crippen MR) is 81.3 cm³/mol. The van der Waals surface area contributed by atoms with Crippen molar-refractivity contribution in [2.45, 2.75) is 19.8 Å². The zero-order valence-corrected chi connectivity index (χ0v) is 11.4. The Labute approximate surface area is 115 Å². The molecule has 0 saturated carbocycles. The van der Waals surface area contributed by atoms with E-state index in [2.05, 4.69) is 28.9 Å². The Kier molecular flexibility index (Phi) is 4.78. The zero-order valence-electron chi connectivity index (χ0n) is 11.4. The minimum Gasteiger partial charge on any atom is -0.397 e. The fourth-order valence-electron chi connectivity index (χ4n) is 2.21. The number of hydrogen-bond acceptors (Lipinski definition) is 3. The lowest BCUT2D eigenvalue weighted by atomic mass is 10.1. The minimum atomic E-state index is 0.849. The quantitative estimate of drug-likeness (QED) is 0.806. The third-order valence-electron chi connectivity index (χ3n) is 3.16. The van der Waals surface area contributed by atoms with Gasteiger partial charge in [0.15, 0.2) is 0 Å². The standard InChI is InChI=1S/C16H21N3/c1-2-11-19(16-8-4-3-7-15(16)17)12-9-14-6-5-10-18-13-14/h3-8,10,13H,2,9,11-12,17H2,1H3. The van der Waals surface area contributed by atoms with Gasteiger partial charge < -0.3 is 10.6 Å². The van der Waals surface area contributed by atoms with Crippen molar-refractivity contribution in [3.8, 4) is 0 Å². The van der Waals surface area contributed by atoms with Crippen LogP contribution in [0.4, 0.5) is 11.4 Å². The molecular formula is C16H21N3. The van der Waals surface area contributed by atoms with Gasteiger partial charge >= 0.3 is 0 Å². The van der Waals surface area contributed by atoms with Crippen LogP contribution in [-0.4, -0.2) is 18.1 Å². The summed E-state index contributed by atoms with van der Waals surface area (Å²) in [4.78, 5) is 6.51. The lowest BCUT2D eigenvalue weighted by Gasteiger charge is -2.25. The number of hydrogen-bond donors (Lipinski definition) is 1. The molecule has 0 aliphatic rings. The molecule has 0 fully saturated rings. The molecule has 2 aromatic rings. The predicted octanol–water partition coefficient (Wildman–Crippen LogP) is 3.12. The van der Waals surface area contributed by atoms with Crippen LogP contribution in [0.5, 0.6) is 0 Å². The second kappa shape index (κ2) is 6.78. The molecule has 0 aliphatic heterocycles. The van der Waals surface area contributed by atoms with Crippen molar-refractivity contribution in [1.82, 2.24) is 4.98 Å². The van der Waals surface area contributed by atoms with Crippen molar-refractivity contribution in [3.63, 3.8) is 0 Å². The summed E-state index contributed by atoms with van der Waals surface area (Å²) in [5.74, 6) is 0. The first kappa shape index (κ1) is 13.4. The number of nitrogen functional groups attached to an aromatic ring is 1. The molecule has 1 aromatic heterocycles. The molecular weight excluding hydrogens is 234 g/mol. The molecule has 0 unspecified atom stereocenters. The summed E-state index contributed by atoms with van der Waals surface area (Å²) >= 11 is 0. The number of aromatic nitrogens is 1. The van der Waals surface area contributed by atoms with E-state index in [4.69, 9.17) is 5.73 Å². The fraction of sp³-hybridized carbons (Fsp3) is 0.312. The smallest absolute Gasteiger partial charge is 0.0600 e. The highest BCUT2D eigenvalue weighted by Gasteiger charge is 2.08. The van der Waals surface area contributed by atoms with E-state index in [1.54, 1.807) is 0 Å². The summed E-state index contributed by atoms with van der Waals surface area (Å²) in [6, 6.07) is 12.2. The van der Waals surface area contributed by atoms with Gasteiger partial charge in [-0.1, -0.05) is 25.1 Å². The van der Waals surface area contributed by atoms with Crippen LogP contribution in [0, 0.1) is 0 Å². The van der Waals surface area contributed by atoms with Crippen LogP contribution in [-0.2, 0) is 6.42 Å². The molecule has 0 spiro atoms. The fourth-order valence-corrected chi connectivity index (χ4v) is 2.21. The van der Waals surface area contributed by atoms with Crippen LogP contribution in [0.3, 0.4) is 0 Å². The maximum absolute atomic E-state index is 6.07. The molecule has 100 valence electrons. The van der Waals surface area contributed by atoms with E-state index in [1.807, 2.05) is 36.7 Å². The molecule has 3 nitrogen and oxygen atoms in total. The van der Waals surface area contributed by atoms with Crippen molar-refractivity contribution < 1.29 is 0 Å². The van der Waals surface area contributed by atoms with E-state index in [-0.39, 0.29) is 0 Å². The van der Waals surface area contributed by atoms with Gasteiger partial charge in [0.05, 0.1) is 11.4 Å². The van der Waals surface area contributed by atoms with Gasteiger partial charge in [-0.2, -0.15) is 0 Å². The molecule has 19 heavy (non-hydrogen) atoms. The second-order valence-corrected chi connectivity index (χ2v) is 4.66. The van der Waals surface area contributed by atoms with Crippen molar-refractivity contribution in [2.75, 3.05) is 23.7 Å². The topological polar surface area (TPSA) is 42.2 Å². The van der Waals surface area contributed by atoms with E-state index in [0.717, 1.165) is 37.3 Å². The Balaban J connectivity index is 2.07. The van der Waals surface area contributed by atoms with Gasteiger partial charge in [-0.05, 0) is 36.6 Å². The molecule has 2 N–H and O–H groups in total. The van der Waals surface area contributed by atoms with E-state index in [1.165, 1.54) is 5.56 Å². The number of pyridine rings is 1. The van der Waals surface area contributed by atoms with Crippen LogP contribution >= 0.6 is 0 Å². The van der Waals surface area contributed by atoms with Crippen molar-refractivity contribution in [3.05, 3.63) is 54.4 Å². The first-order chi connectivity index (χ1) is 9.31. The molecule has 2 rings (SSSR count). The number of rotatable bonds is 6. The van der Waals surface area contributed by atoms with Gasteiger partial charge in [0.2, 0.25) is 0 Å². The lowest BCUT2D eigenvalue weighted by Crippen LogP contribution is -2.27. The van der Waals surface area contributed by atoms with Crippen molar-refractivity contribution in [2.24, 2.45) is 0 Å². The molecule has 0 radical (unpaired) electrons. The highest BCUT2D eigenvalue weighted by molar-refractivity contribution is 5.67. The Morgan fingerprint density at radius 2 is 1.95 bits per heavy atom. The first-order valence-electron chi connectivity index (χ1n) is 6.79. The molecule has 0 bridgehead atoms. The summed E-state index contributed by atoms with van der Waals surface area (Å²) in [5.41, 5.74) is 9.31. The molecule has 0 saturated heterocycles. The van der Waals surface area contributed by atoms with Crippen LogP contribution in [0.2, 0.25) is 0 Å². The van der Waals surface area contributed by atoms with Gasteiger partial charge in [-0.15, -0.1) is 0 Å². The van der Waals surface area contributed by atoms with Crippen LogP contribution in [0.1, 0.15) is 18.9 Å². The van der Waals surface area contributed by atoms with Gasteiger partial charge in [0.25, 0.3) is 0 Å². The Bertz CT molecular complexity index is 496. The van der Waals surface area contributed by atoms with E-state index in [0.29, 0.717) is 0 Å². The lowest BCUT2D eigenvalue weighted by molar-refractivity contribution is 0.756. The highest BCUT2D eigenvalue weighted by Crippen LogP contribution is 2.22. The Morgan fingerprint density at radius 3 is 2.63 bits per heavy atom. The summed E-state index contributed by atoms with van der Waals surface area (Å²) in [7, 11) is 0. The maximum atomic E-state index is 6.07. The number of nitrogens with two attached hydrogens (primary N) is 1. The molecule has 0 amide bonds. The Morgan fingerprint density at radius 1 is 1.11 bits per heavy atom. The normalized spacial score (nSPS) is 10.4. The highest BCUT2D eigenvalue weighted by atomic mass is 15.1. The maximum Gasteiger partial charge on any atom is 0.0600 e. The van der Waals surface area contributed by atoms with Crippen molar-refractivity contribution >= 4 is 11.4 Å². The van der Waals surface area contributed by atoms with E-state index in [9.17, 15) is 0 Å². The van der Waals surface area contributed by atoms with Crippen molar-refractivity contribution in [1.29, 1.82) is 0 Å². The van der Waals surface area contributed by atoms with E-state index >= 15 is 0 Å². The number of benzene rings is 1. The van der Waals surface area contributed by atoms with Gasteiger partial charge in [-0.25, -0.2) is 0 Å². The minimum absolute atomic E-state index is 0.849. The average molecular weight is 255 g/mol. The molecule has 0 atom stereocenters. The number of nitrogens with zero attached hydrogens (tertiary/aromatic N) is 2. The third-order valence-corrected chi connectivity index (χ3v) is 3.16. The van der Waals surface area contributed by atoms with Gasteiger partial charge in [-0.3, -0.25) is 4.98 Å². The Hall–Kier alpha value is -2.03. The van der Waals surface area contributed by atoms with Crippen LogP contribution in [0.15, 0.2) is 48.8 Å². The van der Waals surface area contributed by atoms with Crippen LogP contribution in [0.25, 0.3) is 0 Å². The van der Waals surface area contributed by atoms with Gasteiger partial charge in [0.1, 0.15) is 0 Å². The average Bonchev–Trinajstić information content (AvgIpc) is 2.45. The SMILES string of the molecule is CCCN(CCc1cccnc1)c1ccccc1N. The van der Waals surface area contributed by atoms with E-state index < -0.39 is 0 Å². The summed E-state index contributed by atoms with van der Waals surface area (Å²) < 4.78 is 0. The molecule has 0 aliphatic carbocycles. The molecule has 1 aromatic carbocycles. The second-order valence-electron chi connectivity index (χ2n) is 4.66. The first-order valence-corrected chi connectivity index (χ1v) is 6.79. The number of anilines is 2. The largest absolute Gasteiger partial charge is 0.397 e. The summed E-state index contributed by atoms with van der Waals surface area (Å²) in [5, 5.41) is 0. The zero-order chi connectivity index (χ0) is 13.5. The molecule has 3 heteroatoms.